The van der Waals surface area contributed by atoms with Gasteiger partial charge in [0.1, 0.15) is 11.5 Å². The van der Waals surface area contributed by atoms with Crippen molar-refractivity contribution in [1.29, 1.82) is 0 Å². The molecule has 0 aliphatic rings. The van der Waals surface area contributed by atoms with Crippen LogP contribution in [-0.2, 0) is 5.75 Å². The van der Waals surface area contributed by atoms with Crippen LogP contribution in [-0.4, -0.2) is 0 Å². The summed E-state index contributed by atoms with van der Waals surface area (Å²) in [5.74, 6) is 2.74. The van der Waals surface area contributed by atoms with E-state index in [1.54, 1.807) is 18.0 Å². The zero-order valence-corrected chi connectivity index (χ0v) is 8.14. The molecule has 0 spiro atoms. The molecule has 0 N–H and O–H groups in total. The van der Waals surface area contributed by atoms with E-state index in [9.17, 15) is 0 Å². The van der Waals surface area contributed by atoms with Crippen LogP contribution in [0.4, 0.5) is 0 Å². The lowest BCUT2D eigenvalue weighted by Crippen LogP contribution is -1.72. The van der Waals surface area contributed by atoms with Crippen LogP contribution in [0.5, 0.6) is 0 Å². The molecule has 0 aliphatic carbocycles. The van der Waals surface area contributed by atoms with Gasteiger partial charge in [0.25, 0.3) is 0 Å². The van der Waals surface area contributed by atoms with E-state index in [1.807, 2.05) is 31.2 Å². The fourth-order valence-electron chi connectivity index (χ4n) is 1.03. The maximum Gasteiger partial charge on any atom is 0.160 e. The van der Waals surface area contributed by atoms with Crippen LogP contribution in [0.3, 0.4) is 0 Å². The molecule has 2 aromatic heterocycles. The first-order valence-electron chi connectivity index (χ1n) is 4.06. The molecule has 0 saturated heterocycles. The molecule has 2 aromatic rings. The van der Waals surface area contributed by atoms with Crippen molar-refractivity contribution in [2.24, 2.45) is 0 Å². The molecule has 0 unspecified atom stereocenters. The topological polar surface area (TPSA) is 26.3 Å². The number of aryl methyl sites for hydroxylation is 1. The summed E-state index contributed by atoms with van der Waals surface area (Å²) in [7, 11) is 0. The van der Waals surface area contributed by atoms with Gasteiger partial charge in [-0.3, -0.25) is 0 Å². The highest BCUT2D eigenvalue weighted by Gasteiger charge is 2.01. The fraction of sp³-hybridized carbons (Fsp3) is 0.200. The predicted octanol–water partition coefficient (Wildman–Crippen LogP) is 3.47. The lowest BCUT2D eigenvalue weighted by molar-refractivity contribution is 0.448. The lowest BCUT2D eigenvalue weighted by Gasteiger charge is -1.93. The van der Waals surface area contributed by atoms with E-state index in [0.29, 0.717) is 0 Å². The zero-order valence-electron chi connectivity index (χ0n) is 7.32. The third-order valence-electron chi connectivity index (χ3n) is 1.65. The molecule has 0 amide bonds. The van der Waals surface area contributed by atoms with Crippen molar-refractivity contribution in [3.8, 4) is 0 Å². The summed E-state index contributed by atoms with van der Waals surface area (Å²) >= 11 is 1.64. The van der Waals surface area contributed by atoms with Gasteiger partial charge in [-0.25, -0.2) is 0 Å². The summed E-state index contributed by atoms with van der Waals surface area (Å²) in [6.07, 6.45) is 1.68. The van der Waals surface area contributed by atoms with Gasteiger partial charge in [0.2, 0.25) is 0 Å². The van der Waals surface area contributed by atoms with Crippen molar-refractivity contribution in [3.63, 3.8) is 0 Å². The van der Waals surface area contributed by atoms with Gasteiger partial charge in [-0.05, 0) is 31.2 Å². The Labute approximate surface area is 80.9 Å². The highest BCUT2D eigenvalue weighted by molar-refractivity contribution is 7.98. The van der Waals surface area contributed by atoms with Gasteiger partial charge in [-0.1, -0.05) is 11.8 Å². The average molecular weight is 194 g/mol. The van der Waals surface area contributed by atoms with Crippen molar-refractivity contribution in [2.75, 3.05) is 0 Å². The number of hydrogen-bond donors (Lipinski definition) is 0. The van der Waals surface area contributed by atoms with Crippen molar-refractivity contribution < 1.29 is 8.83 Å². The van der Waals surface area contributed by atoms with Crippen molar-refractivity contribution in [1.82, 2.24) is 0 Å². The van der Waals surface area contributed by atoms with Crippen molar-refractivity contribution >= 4 is 11.8 Å². The molecule has 0 aromatic carbocycles. The smallest absolute Gasteiger partial charge is 0.160 e. The van der Waals surface area contributed by atoms with Crippen LogP contribution in [0.2, 0.25) is 0 Å². The Kier molecular flexibility index (Phi) is 2.45. The number of furan rings is 2. The SMILES string of the molecule is Cc1ccc(SCc2ccco2)o1. The fourth-order valence-corrected chi connectivity index (χ4v) is 1.83. The first-order valence-corrected chi connectivity index (χ1v) is 5.05. The molecule has 13 heavy (non-hydrogen) atoms. The molecule has 68 valence electrons. The van der Waals surface area contributed by atoms with Crippen molar-refractivity contribution in [2.45, 2.75) is 17.8 Å². The van der Waals surface area contributed by atoms with E-state index < -0.39 is 0 Å². The Balaban J connectivity index is 1.93. The Bertz CT molecular complexity index is 362. The second-order valence-corrected chi connectivity index (χ2v) is 3.71. The first-order chi connectivity index (χ1) is 6.34. The average Bonchev–Trinajstić information content (AvgIpc) is 2.71. The Hall–Kier alpha value is -1.09. The minimum atomic E-state index is 0.819. The largest absolute Gasteiger partial charge is 0.468 e. The molecule has 0 saturated carbocycles. The molecule has 0 aliphatic heterocycles. The second kappa shape index (κ2) is 3.75. The van der Waals surface area contributed by atoms with Gasteiger partial charge in [-0.15, -0.1) is 0 Å². The molecule has 0 atom stereocenters. The summed E-state index contributed by atoms with van der Waals surface area (Å²) in [5, 5.41) is 0.939. The van der Waals surface area contributed by atoms with E-state index >= 15 is 0 Å². The van der Waals surface area contributed by atoms with Crippen LogP contribution >= 0.6 is 11.8 Å². The summed E-state index contributed by atoms with van der Waals surface area (Å²) in [6.45, 7) is 1.94. The molecular formula is C10H10O2S. The van der Waals surface area contributed by atoms with Gasteiger partial charge in [0.05, 0.1) is 12.0 Å². The van der Waals surface area contributed by atoms with Gasteiger partial charge < -0.3 is 8.83 Å². The van der Waals surface area contributed by atoms with Crippen LogP contribution < -0.4 is 0 Å². The summed E-state index contributed by atoms with van der Waals surface area (Å²) in [4.78, 5) is 0. The maximum atomic E-state index is 5.40. The standard InChI is InChI=1S/C10H10O2S/c1-8-4-5-10(12-8)13-7-9-3-2-6-11-9/h2-6H,7H2,1H3. The highest BCUT2D eigenvalue weighted by Crippen LogP contribution is 2.24. The maximum absolute atomic E-state index is 5.40. The molecule has 0 radical (unpaired) electrons. The first kappa shape index (κ1) is 8.51. The number of thioether (sulfide) groups is 1. The van der Waals surface area contributed by atoms with Gasteiger partial charge in [-0.2, -0.15) is 0 Å². The normalized spacial score (nSPS) is 10.5. The van der Waals surface area contributed by atoms with Gasteiger partial charge in [0, 0.05) is 0 Å². The predicted molar refractivity (Wildman–Crippen MR) is 51.7 cm³/mol. The summed E-state index contributed by atoms with van der Waals surface area (Å²) in [5.41, 5.74) is 0. The van der Waals surface area contributed by atoms with E-state index in [4.69, 9.17) is 8.83 Å². The number of rotatable bonds is 3. The molecule has 2 heterocycles. The van der Waals surface area contributed by atoms with Crippen molar-refractivity contribution in [3.05, 3.63) is 42.0 Å². The highest BCUT2D eigenvalue weighted by atomic mass is 32.2. The van der Waals surface area contributed by atoms with Crippen LogP contribution in [0.1, 0.15) is 11.5 Å². The second-order valence-electron chi connectivity index (χ2n) is 2.73. The van der Waals surface area contributed by atoms with Gasteiger partial charge >= 0.3 is 0 Å². The minimum Gasteiger partial charge on any atom is -0.468 e. The molecule has 2 rings (SSSR count). The molecule has 2 nitrogen and oxygen atoms in total. The van der Waals surface area contributed by atoms with E-state index in [1.165, 1.54) is 0 Å². The zero-order chi connectivity index (χ0) is 9.10. The van der Waals surface area contributed by atoms with Crippen LogP contribution in [0.25, 0.3) is 0 Å². The van der Waals surface area contributed by atoms with E-state index in [0.717, 1.165) is 22.4 Å². The molecule has 3 heteroatoms. The Morgan fingerprint density at radius 3 is 2.85 bits per heavy atom. The lowest BCUT2D eigenvalue weighted by atomic mass is 10.5. The van der Waals surface area contributed by atoms with E-state index in [-0.39, 0.29) is 0 Å². The third kappa shape index (κ3) is 2.18. The molecule has 0 bridgehead atoms. The molecule has 0 fully saturated rings. The molecular weight excluding hydrogens is 184 g/mol. The van der Waals surface area contributed by atoms with Gasteiger partial charge in [0.15, 0.2) is 5.09 Å². The third-order valence-corrected chi connectivity index (χ3v) is 2.59. The van der Waals surface area contributed by atoms with E-state index in [2.05, 4.69) is 0 Å². The Morgan fingerprint density at radius 2 is 2.23 bits per heavy atom. The number of hydrogen-bond acceptors (Lipinski definition) is 3. The minimum absolute atomic E-state index is 0.819. The monoisotopic (exact) mass is 194 g/mol. The van der Waals surface area contributed by atoms with Crippen LogP contribution in [0.15, 0.2) is 44.5 Å². The summed E-state index contributed by atoms with van der Waals surface area (Å²) < 4.78 is 10.6. The van der Waals surface area contributed by atoms with Crippen LogP contribution in [0, 0.1) is 6.92 Å². The Morgan fingerprint density at radius 1 is 1.31 bits per heavy atom. The summed E-state index contributed by atoms with van der Waals surface area (Å²) in [6, 6.07) is 7.79. The quantitative estimate of drug-likeness (QED) is 0.700.